The van der Waals surface area contributed by atoms with Crippen molar-refractivity contribution in [2.45, 2.75) is 13.0 Å². The van der Waals surface area contributed by atoms with Crippen molar-refractivity contribution in [3.05, 3.63) is 64.4 Å². The molecule has 0 atom stereocenters. The van der Waals surface area contributed by atoms with Gasteiger partial charge >= 0.3 is 0 Å². The van der Waals surface area contributed by atoms with Crippen molar-refractivity contribution in [1.29, 1.82) is 0 Å². The molecule has 0 spiro atoms. The van der Waals surface area contributed by atoms with Crippen LogP contribution in [-0.2, 0) is 11.3 Å². The number of ether oxygens (including phenoxy) is 3. The molecule has 0 radical (unpaired) electrons. The summed E-state index contributed by atoms with van der Waals surface area (Å²) in [5, 5.41) is 4.77. The van der Waals surface area contributed by atoms with Gasteiger partial charge in [0.05, 0.1) is 39.7 Å². The van der Waals surface area contributed by atoms with Crippen molar-refractivity contribution in [3.8, 4) is 11.5 Å². The molecule has 0 amide bonds. The number of nitrogens with one attached hydrogen (secondary N) is 2. The van der Waals surface area contributed by atoms with Gasteiger partial charge in [0.1, 0.15) is 11.5 Å². The first-order valence-corrected chi connectivity index (χ1v) is 12.2. The summed E-state index contributed by atoms with van der Waals surface area (Å²) in [6.07, 6.45) is 0.910. The van der Waals surface area contributed by atoms with E-state index < -0.39 is 0 Å². The Labute approximate surface area is 210 Å². The maximum atomic E-state index is 12.9. The molecule has 0 saturated carbocycles. The highest BCUT2D eigenvalue weighted by molar-refractivity contribution is 7.80. The highest BCUT2D eigenvalue weighted by Crippen LogP contribution is 2.24. The summed E-state index contributed by atoms with van der Waals surface area (Å²) in [6.45, 7) is 5.45. The van der Waals surface area contributed by atoms with E-state index in [9.17, 15) is 4.79 Å². The molecule has 35 heavy (non-hydrogen) atoms. The van der Waals surface area contributed by atoms with Crippen molar-refractivity contribution >= 4 is 33.9 Å². The van der Waals surface area contributed by atoms with Crippen molar-refractivity contribution in [2.75, 3.05) is 58.9 Å². The number of para-hydroxylation sites is 2. The number of morpholine rings is 1. The molecule has 2 heterocycles. The summed E-state index contributed by atoms with van der Waals surface area (Å²) < 4.78 is 16.3. The van der Waals surface area contributed by atoms with E-state index in [0.29, 0.717) is 29.5 Å². The van der Waals surface area contributed by atoms with Gasteiger partial charge in [0.25, 0.3) is 5.56 Å². The zero-order chi connectivity index (χ0) is 24.6. The number of methoxy groups -OCH3 is 2. The van der Waals surface area contributed by atoms with E-state index in [1.54, 1.807) is 14.2 Å². The highest BCUT2D eigenvalue weighted by atomic mass is 32.1. The number of aromatic nitrogens is 1. The van der Waals surface area contributed by atoms with E-state index in [1.807, 2.05) is 53.4 Å². The number of pyridine rings is 1. The van der Waals surface area contributed by atoms with Gasteiger partial charge in [0.15, 0.2) is 5.11 Å². The number of benzene rings is 2. The Balaban J connectivity index is 1.54. The standard InChI is InChI=1S/C26H32N4O4S/c1-32-21-8-9-22-19(17-21)16-20(25(31)27-22)18-30(11-5-10-29-12-14-34-15-13-29)26(35)28-23-6-3-4-7-24(23)33-2/h3-4,6-9,16-17H,5,10-15,18H2,1-2H3,(H,27,31)(H,28,35). The van der Waals surface area contributed by atoms with Gasteiger partial charge in [-0.3, -0.25) is 9.69 Å². The van der Waals surface area contributed by atoms with Gasteiger partial charge in [-0.2, -0.15) is 0 Å². The number of hydrogen-bond acceptors (Lipinski definition) is 6. The first-order chi connectivity index (χ1) is 17.1. The molecule has 1 aliphatic heterocycles. The number of aromatic amines is 1. The molecule has 186 valence electrons. The van der Waals surface area contributed by atoms with Crippen molar-refractivity contribution in [2.24, 2.45) is 0 Å². The summed E-state index contributed by atoms with van der Waals surface area (Å²) >= 11 is 5.81. The van der Waals surface area contributed by atoms with E-state index in [0.717, 1.165) is 61.6 Å². The lowest BCUT2D eigenvalue weighted by Gasteiger charge is -2.29. The van der Waals surface area contributed by atoms with E-state index in [2.05, 4.69) is 15.2 Å². The third-order valence-corrected chi connectivity index (χ3v) is 6.49. The second kappa shape index (κ2) is 12.0. The average molecular weight is 497 g/mol. The Morgan fingerprint density at radius 1 is 1.14 bits per heavy atom. The van der Waals surface area contributed by atoms with Crippen molar-refractivity contribution in [3.63, 3.8) is 0 Å². The van der Waals surface area contributed by atoms with Crippen molar-refractivity contribution < 1.29 is 14.2 Å². The maximum Gasteiger partial charge on any atom is 0.253 e. The molecule has 2 N–H and O–H groups in total. The zero-order valence-corrected chi connectivity index (χ0v) is 21.0. The van der Waals surface area contributed by atoms with E-state index in [-0.39, 0.29) is 5.56 Å². The van der Waals surface area contributed by atoms with Crippen LogP contribution in [0.5, 0.6) is 11.5 Å². The van der Waals surface area contributed by atoms with Crippen LogP contribution >= 0.6 is 12.2 Å². The van der Waals surface area contributed by atoms with Gasteiger partial charge in [-0.05, 0) is 55.0 Å². The number of H-pyrrole nitrogens is 1. The van der Waals surface area contributed by atoms with Gasteiger partial charge < -0.3 is 29.4 Å². The fourth-order valence-electron chi connectivity index (χ4n) is 4.18. The molecular formula is C26H32N4O4S. The molecule has 3 aromatic rings. The third kappa shape index (κ3) is 6.50. The third-order valence-electron chi connectivity index (χ3n) is 6.13. The predicted molar refractivity (Wildman–Crippen MR) is 143 cm³/mol. The maximum absolute atomic E-state index is 12.9. The van der Waals surface area contributed by atoms with Gasteiger partial charge in [-0.15, -0.1) is 0 Å². The number of hydrogen-bond donors (Lipinski definition) is 2. The van der Waals surface area contributed by atoms with Gasteiger partial charge in [-0.25, -0.2) is 0 Å². The molecular weight excluding hydrogens is 464 g/mol. The molecule has 1 saturated heterocycles. The van der Waals surface area contributed by atoms with Gasteiger partial charge in [0.2, 0.25) is 0 Å². The molecule has 2 aromatic carbocycles. The lowest BCUT2D eigenvalue weighted by molar-refractivity contribution is 0.0367. The average Bonchev–Trinajstić information content (AvgIpc) is 2.89. The minimum Gasteiger partial charge on any atom is -0.497 e. The molecule has 4 rings (SSSR count). The fourth-order valence-corrected chi connectivity index (χ4v) is 4.45. The van der Waals surface area contributed by atoms with E-state index >= 15 is 0 Å². The molecule has 1 aliphatic rings. The molecule has 9 heteroatoms. The van der Waals surface area contributed by atoms with Crippen LogP contribution in [0, 0.1) is 0 Å². The zero-order valence-electron chi connectivity index (χ0n) is 20.2. The first kappa shape index (κ1) is 25.0. The normalized spacial score (nSPS) is 14.0. The summed E-state index contributed by atoms with van der Waals surface area (Å²) in [4.78, 5) is 20.3. The van der Waals surface area contributed by atoms with Crippen LogP contribution in [0.4, 0.5) is 5.69 Å². The van der Waals surface area contributed by atoms with Crippen LogP contribution < -0.4 is 20.3 Å². The molecule has 1 fully saturated rings. The Kier molecular flexibility index (Phi) is 8.57. The largest absolute Gasteiger partial charge is 0.497 e. The smallest absolute Gasteiger partial charge is 0.253 e. The van der Waals surface area contributed by atoms with Crippen LogP contribution in [-0.4, -0.2) is 73.5 Å². The Morgan fingerprint density at radius 3 is 2.71 bits per heavy atom. The summed E-state index contributed by atoms with van der Waals surface area (Å²) in [6, 6.07) is 15.2. The Morgan fingerprint density at radius 2 is 1.94 bits per heavy atom. The van der Waals surface area contributed by atoms with Crippen LogP contribution in [0.15, 0.2) is 53.3 Å². The van der Waals surface area contributed by atoms with Crippen LogP contribution in [0.1, 0.15) is 12.0 Å². The van der Waals surface area contributed by atoms with Crippen LogP contribution in [0.3, 0.4) is 0 Å². The molecule has 0 unspecified atom stereocenters. The highest BCUT2D eigenvalue weighted by Gasteiger charge is 2.17. The van der Waals surface area contributed by atoms with Crippen LogP contribution in [0.2, 0.25) is 0 Å². The second-order valence-electron chi connectivity index (χ2n) is 8.44. The number of fused-ring (bicyclic) bond motifs is 1. The Bertz CT molecular complexity index is 1210. The van der Waals surface area contributed by atoms with Gasteiger partial charge in [-0.1, -0.05) is 12.1 Å². The number of thiocarbonyl (C=S) groups is 1. The minimum atomic E-state index is -0.124. The topological polar surface area (TPSA) is 79.1 Å². The van der Waals surface area contributed by atoms with Crippen molar-refractivity contribution in [1.82, 2.24) is 14.8 Å². The summed E-state index contributed by atoms with van der Waals surface area (Å²) in [5.41, 5.74) is 2.07. The molecule has 8 nitrogen and oxygen atoms in total. The molecule has 1 aromatic heterocycles. The SMILES string of the molecule is COc1ccc2[nH]c(=O)c(CN(CCCN3CCOCC3)C(=S)Nc3ccccc3OC)cc2c1. The lowest BCUT2D eigenvalue weighted by Crippen LogP contribution is -2.40. The number of rotatable bonds is 9. The first-order valence-electron chi connectivity index (χ1n) is 11.8. The monoisotopic (exact) mass is 496 g/mol. The van der Waals surface area contributed by atoms with Crippen LogP contribution in [0.25, 0.3) is 10.9 Å². The van der Waals surface area contributed by atoms with Gasteiger partial charge in [0, 0.05) is 42.6 Å². The van der Waals surface area contributed by atoms with E-state index in [1.165, 1.54) is 0 Å². The summed E-state index contributed by atoms with van der Waals surface area (Å²) in [7, 11) is 3.26. The fraction of sp³-hybridized carbons (Fsp3) is 0.385. The van der Waals surface area contributed by atoms with E-state index in [4.69, 9.17) is 26.4 Å². The quantitative estimate of drug-likeness (QED) is 0.436. The predicted octanol–water partition coefficient (Wildman–Crippen LogP) is 3.47. The number of nitrogens with zero attached hydrogens (tertiary/aromatic N) is 2. The molecule has 0 bridgehead atoms. The lowest BCUT2D eigenvalue weighted by atomic mass is 10.1. The minimum absolute atomic E-state index is 0.124. The Hall–Kier alpha value is -3.14. The summed E-state index contributed by atoms with van der Waals surface area (Å²) in [5.74, 6) is 1.45. The number of anilines is 1. The second-order valence-corrected chi connectivity index (χ2v) is 8.82. The molecule has 0 aliphatic carbocycles.